The van der Waals surface area contributed by atoms with Gasteiger partial charge in [-0.25, -0.2) is 5.84 Å². The molecule has 2 aromatic carbocycles. The lowest BCUT2D eigenvalue weighted by Gasteiger charge is -2.31. The van der Waals surface area contributed by atoms with E-state index in [2.05, 4.69) is 0 Å². The predicted octanol–water partition coefficient (Wildman–Crippen LogP) is 5.02. The van der Waals surface area contributed by atoms with Gasteiger partial charge in [-0.2, -0.15) is 0 Å². The second-order valence-corrected chi connectivity index (χ2v) is 6.70. The fourth-order valence-corrected chi connectivity index (χ4v) is 1.92. The molecule has 0 unspecified atom stereocenters. The minimum Gasteiger partial charge on any atom is -0.276 e. The van der Waals surface area contributed by atoms with Gasteiger partial charge in [-0.15, -0.1) is 24.8 Å². The molecule has 26 heavy (non-hydrogen) atoms. The molecule has 7 heteroatoms. The molecule has 0 spiro atoms. The Kier molecular flexibility index (Phi) is 12.2. The van der Waals surface area contributed by atoms with Crippen LogP contribution in [-0.2, 0) is 0 Å². The smallest absolute Gasteiger partial charge is 0.268 e. The van der Waals surface area contributed by atoms with Crippen molar-refractivity contribution in [1.29, 1.82) is 0 Å². The Balaban J connectivity index is 0. The molecule has 0 saturated carbocycles. The summed E-state index contributed by atoms with van der Waals surface area (Å²) in [6.45, 7) is 7.66. The molecule has 1 amide bonds. The first-order chi connectivity index (χ1) is 11.1. The van der Waals surface area contributed by atoms with Crippen molar-refractivity contribution in [2.45, 2.75) is 33.2 Å². The van der Waals surface area contributed by atoms with E-state index in [-0.39, 0.29) is 36.3 Å². The van der Waals surface area contributed by atoms with Crippen LogP contribution in [0.2, 0.25) is 0 Å². The number of hydrazine groups is 1. The van der Waals surface area contributed by atoms with Gasteiger partial charge < -0.3 is 0 Å². The summed E-state index contributed by atoms with van der Waals surface area (Å²) in [5.74, 6) is 5.61. The molecule has 2 rings (SSSR count). The zero-order valence-corrected chi connectivity index (χ0v) is 17.6. The third-order valence-corrected chi connectivity index (χ3v) is 3.43. The second-order valence-electron chi connectivity index (χ2n) is 6.36. The first kappa shape index (κ1) is 26.6. The van der Waals surface area contributed by atoms with Gasteiger partial charge in [0.2, 0.25) is 0 Å². The minimum atomic E-state index is -0.407. The Morgan fingerprint density at radius 1 is 0.923 bits per heavy atom. The van der Waals surface area contributed by atoms with Crippen LogP contribution in [0.3, 0.4) is 0 Å². The summed E-state index contributed by atoms with van der Waals surface area (Å²) in [6, 6.07) is 16.2. The summed E-state index contributed by atoms with van der Waals surface area (Å²) in [5, 5.41) is 0.859. The molecule has 0 atom stereocenters. The monoisotopic (exact) mass is 418 g/mol. The van der Waals surface area contributed by atoms with E-state index in [4.69, 9.17) is 17.4 Å². The number of hydrogen-bond acceptors (Lipinski definition) is 3. The summed E-state index contributed by atoms with van der Waals surface area (Å²) in [7, 11) is 0. The summed E-state index contributed by atoms with van der Waals surface area (Å²) < 4.78 is 0. The van der Waals surface area contributed by atoms with Gasteiger partial charge in [-0.05, 0) is 51.4 Å². The van der Waals surface area contributed by atoms with E-state index in [0.717, 1.165) is 5.56 Å². The van der Waals surface area contributed by atoms with Gasteiger partial charge >= 0.3 is 0 Å². The maximum atomic E-state index is 11.9. The second kappa shape index (κ2) is 11.9. The molecule has 2 N–H and O–H groups in total. The van der Waals surface area contributed by atoms with Crippen molar-refractivity contribution in [2.75, 3.05) is 0 Å². The molecule has 4 nitrogen and oxygen atoms in total. The maximum absolute atomic E-state index is 11.9. The number of rotatable bonds is 2. The Morgan fingerprint density at radius 3 is 1.81 bits per heavy atom. The van der Waals surface area contributed by atoms with Crippen molar-refractivity contribution in [3.63, 3.8) is 0 Å². The van der Waals surface area contributed by atoms with E-state index in [1.54, 1.807) is 30.3 Å². The summed E-state index contributed by atoms with van der Waals surface area (Å²) in [4.78, 5) is 22.4. The van der Waals surface area contributed by atoms with Crippen LogP contribution in [0.15, 0.2) is 54.6 Å². The molecule has 0 bridgehead atoms. The number of nitrogens with zero attached hydrogens (tertiary/aromatic N) is 1. The van der Waals surface area contributed by atoms with Crippen molar-refractivity contribution in [3.05, 3.63) is 71.3 Å². The number of hydrogen-bond donors (Lipinski definition) is 1. The van der Waals surface area contributed by atoms with Crippen LogP contribution in [0, 0.1) is 6.92 Å². The van der Waals surface area contributed by atoms with E-state index in [1.165, 1.54) is 5.01 Å². The normalized spacial score (nSPS) is 9.62. The van der Waals surface area contributed by atoms with Crippen LogP contribution >= 0.6 is 36.4 Å². The topological polar surface area (TPSA) is 63.4 Å². The van der Waals surface area contributed by atoms with Gasteiger partial charge in [0.05, 0.1) is 5.54 Å². The highest BCUT2D eigenvalue weighted by Gasteiger charge is 2.24. The fourth-order valence-electron chi connectivity index (χ4n) is 1.79. The number of amides is 1. The molecule has 0 aliphatic heterocycles. The van der Waals surface area contributed by atoms with E-state index >= 15 is 0 Å². The van der Waals surface area contributed by atoms with Gasteiger partial charge in [0.25, 0.3) is 11.1 Å². The van der Waals surface area contributed by atoms with Crippen molar-refractivity contribution in [2.24, 2.45) is 5.84 Å². The van der Waals surface area contributed by atoms with Crippen molar-refractivity contribution in [3.8, 4) is 0 Å². The SMILES string of the molecule is Cc1cccc(C(=O)N(N)C(C)(C)C)c1.Cl.Cl.O=C(Cl)c1ccccc1. The zero-order chi connectivity index (χ0) is 18.3. The van der Waals surface area contributed by atoms with Crippen LogP contribution in [0.5, 0.6) is 0 Å². The molecule has 0 aliphatic rings. The molecule has 144 valence electrons. The first-order valence-corrected chi connectivity index (χ1v) is 7.91. The molecule has 2 aromatic rings. The van der Waals surface area contributed by atoms with Crippen LogP contribution < -0.4 is 5.84 Å². The number of halogens is 3. The number of nitrogens with two attached hydrogens (primary N) is 1. The number of carbonyl (C=O) groups is 2. The summed E-state index contributed by atoms with van der Waals surface area (Å²) in [6.07, 6.45) is 0. The number of aryl methyl sites for hydroxylation is 1. The maximum Gasteiger partial charge on any atom is 0.268 e. The molecule has 0 aliphatic carbocycles. The number of carbonyl (C=O) groups excluding carboxylic acids is 2. The minimum absolute atomic E-state index is 0. The van der Waals surface area contributed by atoms with Gasteiger partial charge in [-0.1, -0.05) is 48.0 Å². The van der Waals surface area contributed by atoms with Crippen molar-refractivity contribution < 1.29 is 9.59 Å². The average molecular weight is 420 g/mol. The van der Waals surface area contributed by atoms with Gasteiger partial charge in [0, 0.05) is 11.1 Å². The van der Waals surface area contributed by atoms with Crippen LogP contribution in [0.1, 0.15) is 47.1 Å². The fraction of sp³-hybridized carbons (Fsp3) is 0.263. The first-order valence-electron chi connectivity index (χ1n) is 7.53. The van der Waals surface area contributed by atoms with Crippen LogP contribution in [0.25, 0.3) is 0 Å². The van der Waals surface area contributed by atoms with E-state index in [1.807, 2.05) is 52.0 Å². The lowest BCUT2D eigenvalue weighted by atomic mass is 10.1. The van der Waals surface area contributed by atoms with E-state index in [9.17, 15) is 9.59 Å². The van der Waals surface area contributed by atoms with E-state index in [0.29, 0.717) is 11.1 Å². The molecule has 0 saturated heterocycles. The Morgan fingerprint density at radius 2 is 1.42 bits per heavy atom. The Labute approximate surface area is 172 Å². The largest absolute Gasteiger partial charge is 0.276 e. The molecule has 0 aromatic heterocycles. The molecular formula is C19H25Cl3N2O2. The third kappa shape index (κ3) is 8.68. The van der Waals surface area contributed by atoms with Crippen LogP contribution in [0.4, 0.5) is 0 Å². The highest BCUT2D eigenvalue weighted by Crippen LogP contribution is 2.13. The highest BCUT2D eigenvalue weighted by atomic mass is 35.5. The quantitative estimate of drug-likeness (QED) is 0.322. The molecule has 0 heterocycles. The van der Waals surface area contributed by atoms with Gasteiger partial charge in [0.1, 0.15) is 0 Å². The van der Waals surface area contributed by atoms with Gasteiger partial charge in [-0.3, -0.25) is 14.6 Å². The standard InChI is InChI=1S/C12H18N2O.C7H5ClO.2ClH/c1-9-6-5-7-10(8-9)11(15)14(13)12(2,3)4;8-7(9)6-4-2-1-3-5-6;;/h5-8H,13H2,1-4H3;1-5H;2*1H. The predicted molar refractivity (Wildman–Crippen MR) is 112 cm³/mol. The van der Waals surface area contributed by atoms with Crippen molar-refractivity contribution >= 4 is 47.6 Å². The average Bonchev–Trinajstić information content (AvgIpc) is 2.54. The molecule has 0 radical (unpaired) electrons. The Bertz CT molecular complexity index is 701. The molecule has 0 fully saturated rings. The van der Waals surface area contributed by atoms with Crippen LogP contribution in [-0.4, -0.2) is 21.7 Å². The lowest BCUT2D eigenvalue weighted by molar-refractivity contribution is 0.0581. The highest BCUT2D eigenvalue weighted by molar-refractivity contribution is 6.67. The zero-order valence-electron chi connectivity index (χ0n) is 15.2. The Hall–Kier alpha value is -1.59. The third-order valence-electron chi connectivity index (χ3n) is 3.21. The summed E-state index contributed by atoms with van der Waals surface area (Å²) >= 11 is 5.16. The molecular weight excluding hydrogens is 395 g/mol. The lowest BCUT2D eigenvalue weighted by Crippen LogP contribution is -2.50. The summed E-state index contributed by atoms with van der Waals surface area (Å²) in [5.41, 5.74) is 1.87. The van der Waals surface area contributed by atoms with Crippen molar-refractivity contribution in [1.82, 2.24) is 5.01 Å². The van der Waals surface area contributed by atoms with E-state index < -0.39 is 5.24 Å². The number of benzene rings is 2. The van der Waals surface area contributed by atoms with Gasteiger partial charge in [0.15, 0.2) is 0 Å².